The zero-order chi connectivity index (χ0) is 20.1. The summed E-state index contributed by atoms with van der Waals surface area (Å²) in [5.41, 5.74) is -5.42. The lowest BCUT2D eigenvalue weighted by atomic mass is 9.99. The van der Waals surface area contributed by atoms with E-state index in [0.29, 0.717) is 17.7 Å². The Kier molecular flexibility index (Phi) is 7.25. The molecular weight excluding hydrogens is 373 g/mol. The number of Topliss-reactive ketones (excluding diaryl/α,β-unsaturated/α-hetero) is 1. The smallest absolute Gasteiger partial charge is 0.501 e. The molecule has 0 unspecified atom stereocenters. The number of halogens is 3. The van der Waals surface area contributed by atoms with Crippen LogP contribution in [0, 0.1) is 5.92 Å². The van der Waals surface area contributed by atoms with E-state index in [-0.39, 0.29) is 24.3 Å². The predicted molar refractivity (Wildman–Crippen MR) is 90.3 cm³/mol. The molecule has 0 saturated carbocycles. The third-order valence-electron chi connectivity index (χ3n) is 3.47. The molecule has 0 aliphatic carbocycles. The van der Waals surface area contributed by atoms with Crippen LogP contribution in [0.1, 0.15) is 42.6 Å². The summed E-state index contributed by atoms with van der Waals surface area (Å²) in [5.74, 6) is -0.638. The van der Waals surface area contributed by atoms with Gasteiger partial charge in [0.1, 0.15) is 0 Å². The van der Waals surface area contributed by atoms with Gasteiger partial charge in [0.05, 0.1) is 18.4 Å². The first-order valence-corrected chi connectivity index (χ1v) is 9.17. The highest BCUT2D eigenvalue weighted by atomic mass is 32.2. The second-order valence-electron chi connectivity index (χ2n) is 6.09. The summed E-state index contributed by atoms with van der Waals surface area (Å²) in [5, 5.41) is 0. The van der Waals surface area contributed by atoms with Gasteiger partial charge in [-0.05, 0) is 30.0 Å². The SMILES string of the molecule is C=C(Cc1ccc(C(=O)CCC(C)C)c(OS(=O)(=O)C(F)(F)F)c1)OC. The highest BCUT2D eigenvalue weighted by molar-refractivity contribution is 7.88. The van der Waals surface area contributed by atoms with Crippen molar-refractivity contribution in [1.82, 2.24) is 0 Å². The lowest BCUT2D eigenvalue weighted by Gasteiger charge is -2.14. The number of ketones is 1. The maximum Gasteiger partial charge on any atom is 0.534 e. The third kappa shape index (κ3) is 6.05. The van der Waals surface area contributed by atoms with Crippen molar-refractivity contribution in [2.24, 2.45) is 5.92 Å². The van der Waals surface area contributed by atoms with Gasteiger partial charge in [0, 0.05) is 12.8 Å². The summed E-state index contributed by atoms with van der Waals surface area (Å²) >= 11 is 0. The zero-order valence-electron chi connectivity index (χ0n) is 14.7. The van der Waals surface area contributed by atoms with E-state index in [9.17, 15) is 26.4 Å². The quantitative estimate of drug-likeness (QED) is 0.271. The van der Waals surface area contributed by atoms with Gasteiger partial charge in [-0.3, -0.25) is 4.79 Å². The molecule has 1 rings (SSSR count). The normalized spacial score (nSPS) is 12.1. The number of ether oxygens (including phenoxy) is 1. The third-order valence-corrected chi connectivity index (χ3v) is 4.43. The van der Waals surface area contributed by atoms with Crippen LogP contribution in [0.3, 0.4) is 0 Å². The Hall–Kier alpha value is -2.03. The first-order chi connectivity index (χ1) is 11.9. The molecule has 9 heteroatoms. The summed E-state index contributed by atoms with van der Waals surface area (Å²) in [6, 6.07) is 3.82. The van der Waals surface area contributed by atoms with Crippen molar-refractivity contribution in [1.29, 1.82) is 0 Å². The fourth-order valence-electron chi connectivity index (χ4n) is 2.00. The van der Waals surface area contributed by atoms with Gasteiger partial charge in [-0.1, -0.05) is 26.5 Å². The second kappa shape index (κ2) is 8.57. The topological polar surface area (TPSA) is 69.7 Å². The number of methoxy groups -OCH3 is 1. The predicted octanol–water partition coefficient (Wildman–Crippen LogP) is 4.24. The first kappa shape index (κ1) is 22.0. The summed E-state index contributed by atoms with van der Waals surface area (Å²) in [6.45, 7) is 7.36. The van der Waals surface area contributed by atoms with Gasteiger partial charge >= 0.3 is 15.6 Å². The standard InChI is InChI=1S/C17H21F3O5S/c1-11(2)5-8-15(21)14-7-6-13(9-12(3)24-4)10-16(14)25-26(22,23)17(18,19)20/h6-7,10-11H,3,5,8-9H2,1-2,4H3. The van der Waals surface area contributed by atoms with E-state index in [4.69, 9.17) is 4.74 Å². The summed E-state index contributed by atoms with van der Waals surface area (Å²) in [7, 11) is -4.52. The van der Waals surface area contributed by atoms with Crippen molar-refractivity contribution in [2.45, 2.75) is 38.6 Å². The number of allylic oxidation sites excluding steroid dienone is 1. The minimum absolute atomic E-state index is 0.0597. The van der Waals surface area contributed by atoms with Crippen LogP contribution in [0.4, 0.5) is 13.2 Å². The van der Waals surface area contributed by atoms with Crippen LogP contribution in [0.15, 0.2) is 30.5 Å². The highest BCUT2D eigenvalue weighted by Crippen LogP contribution is 2.31. The number of rotatable bonds is 9. The second-order valence-corrected chi connectivity index (χ2v) is 7.63. The number of carbonyl (C=O) groups excluding carboxylic acids is 1. The van der Waals surface area contributed by atoms with Crippen molar-refractivity contribution < 1.29 is 35.3 Å². The maximum absolute atomic E-state index is 12.6. The largest absolute Gasteiger partial charge is 0.534 e. The lowest BCUT2D eigenvalue weighted by molar-refractivity contribution is -0.0500. The number of benzene rings is 1. The lowest BCUT2D eigenvalue weighted by Crippen LogP contribution is -2.28. The molecule has 1 aromatic rings. The number of carbonyl (C=O) groups is 1. The monoisotopic (exact) mass is 394 g/mol. The van der Waals surface area contributed by atoms with Crippen molar-refractivity contribution in [3.63, 3.8) is 0 Å². The molecule has 0 heterocycles. The molecule has 0 fully saturated rings. The van der Waals surface area contributed by atoms with E-state index >= 15 is 0 Å². The fraction of sp³-hybridized carbons (Fsp3) is 0.471. The fourth-order valence-corrected chi connectivity index (χ4v) is 2.46. The summed E-state index contributed by atoms with van der Waals surface area (Å²) in [6.07, 6.45) is 0.691. The van der Waals surface area contributed by atoms with Gasteiger partial charge in [0.2, 0.25) is 0 Å². The Morgan fingerprint density at radius 1 is 1.27 bits per heavy atom. The van der Waals surface area contributed by atoms with Gasteiger partial charge in [0.15, 0.2) is 11.5 Å². The molecule has 0 aromatic heterocycles. The number of hydrogen-bond donors (Lipinski definition) is 0. The van der Waals surface area contributed by atoms with Crippen LogP contribution >= 0.6 is 0 Å². The number of hydrogen-bond acceptors (Lipinski definition) is 5. The molecule has 0 N–H and O–H groups in total. The van der Waals surface area contributed by atoms with E-state index in [2.05, 4.69) is 10.8 Å². The average molecular weight is 394 g/mol. The number of alkyl halides is 3. The average Bonchev–Trinajstić information content (AvgIpc) is 2.51. The molecule has 0 saturated heterocycles. The molecule has 26 heavy (non-hydrogen) atoms. The molecule has 0 atom stereocenters. The Bertz CT molecular complexity index is 767. The Labute approximate surface area is 150 Å². The maximum atomic E-state index is 12.6. The molecule has 1 aromatic carbocycles. The molecule has 146 valence electrons. The van der Waals surface area contributed by atoms with Crippen molar-refractivity contribution >= 4 is 15.9 Å². The molecule has 0 radical (unpaired) electrons. The summed E-state index contributed by atoms with van der Waals surface area (Å²) in [4.78, 5) is 12.3. The molecular formula is C17H21F3O5S. The summed E-state index contributed by atoms with van der Waals surface area (Å²) < 4.78 is 69.7. The zero-order valence-corrected chi connectivity index (χ0v) is 15.5. The Morgan fingerprint density at radius 2 is 1.88 bits per heavy atom. The van der Waals surface area contributed by atoms with Gasteiger partial charge in [-0.2, -0.15) is 21.6 Å². The van der Waals surface area contributed by atoms with Crippen molar-refractivity contribution in [2.75, 3.05) is 7.11 Å². The molecule has 0 spiro atoms. The Balaban J connectivity index is 3.28. The van der Waals surface area contributed by atoms with Crippen molar-refractivity contribution in [3.05, 3.63) is 41.7 Å². The van der Waals surface area contributed by atoms with Crippen LogP contribution in [-0.2, 0) is 21.3 Å². The Morgan fingerprint density at radius 3 is 2.38 bits per heavy atom. The molecule has 0 aliphatic heterocycles. The van der Waals surface area contributed by atoms with Gasteiger partial charge in [-0.15, -0.1) is 0 Å². The van der Waals surface area contributed by atoms with Crippen LogP contribution in [0.5, 0.6) is 5.75 Å². The minimum Gasteiger partial charge on any atom is -0.501 e. The van der Waals surface area contributed by atoms with Crippen LogP contribution < -0.4 is 4.18 Å². The minimum atomic E-state index is -5.89. The molecule has 0 amide bonds. The van der Waals surface area contributed by atoms with Gasteiger partial charge in [0.25, 0.3) is 0 Å². The molecule has 0 bridgehead atoms. The van der Waals surface area contributed by atoms with Gasteiger partial charge in [-0.25, -0.2) is 0 Å². The van der Waals surface area contributed by atoms with E-state index in [1.807, 2.05) is 13.8 Å². The van der Waals surface area contributed by atoms with E-state index in [1.165, 1.54) is 19.2 Å². The van der Waals surface area contributed by atoms with Crippen LogP contribution in [-0.4, -0.2) is 26.8 Å². The molecule has 0 aliphatic rings. The van der Waals surface area contributed by atoms with E-state index < -0.39 is 27.2 Å². The van der Waals surface area contributed by atoms with Crippen molar-refractivity contribution in [3.8, 4) is 5.75 Å². The highest BCUT2D eigenvalue weighted by Gasteiger charge is 2.49. The van der Waals surface area contributed by atoms with E-state index in [0.717, 1.165) is 6.07 Å². The van der Waals surface area contributed by atoms with Crippen LogP contribution in [0.25, 0.3) is 0 Å². The first-order valence-electron chi connectivity index (χ1n) is 7.76. The van der Waals surface area contributed by atoms with Gasteiger partial charge < -0.3 is 8.92 Å². The molecule has 5 nitrogen and oxygen atoms in total. The van der Waals surface area contributed by atoms with E-state index in [1.54, 1.807) is 0 Å². The van der Waals surface area contributed by atoms with Crippen LogP contribution in [0.2, 0.25) is 0 Å².